The lowest BCUT2D eigenvalue weighted by molar-refractivity contribution is -0.135. The Morgan fingerprint density at radius 3 is 2.39 bits per heavy atom. The van der Waals surface area contributed by atoms with Gasteiger partial charge in [0.15, 0.2) is 28.4 Å². The van der Waals surface area contributed by atoms with E-state index in [0.29, 0.717) is 66.3 Å². The molecule has 0 unspecified atom stereocenters. The number of aromatic nitrogens is 3. The van der Waals surface area contributed by atoms with E-state index in [4.69, 9.17) is 19.8 Å². The van der Waals surface area contributed by atoms with Crippen LogP contribution in [-0.2, 0) is 18.3 Å². The van der Waals surface area contributed by atoms with Crippen LogP contribution in [0.5, 0.6) is 5.75 Å². The van der Waals surface area contributed by atoms with Crippen LogP contribution in [0.15, 0.2) is 30.3 Å². The van der Waals surface area contributed by atoms with Crippen LogP contribution in [0, 0.1) is 0 Å². The number of nitrogens with one attached hydrogen (secondary N) is 2. The average molecular weight is 523 g/mol. The van der Waals surface area contributed by atoms with Gasteiger partial charge in [-0.25, -0.2) is 9.97 Å². The molecule has 11 heteroatoms. The number of aliphatic hydroxyl groups is 1. The molecule has 3 aromatic rings. The fraction of sp³-hybridized carbons (Fsp3) is 0.444. The zero-order chi connectivity index (χ0) is 27.4. The Morgan fingerprint density at radius 2 is 1.79 bits per heavy atom. The lowest BCUT2D eigenvalue weighted by Crippen LogP contribution is -2.47. The molecule has 11 nitrogen and oxygen atoms in total. The molecular weight excluding hydrogens is 488 g/mol. The first-order chi connectivity index (χ1) is 18.2. The largest absolute Gasteiger partial charge is 0.486 e. The molecule has 0 spiro atoms. The van der Waals surface area contributed by atoms with Gasteiger partial charge in [0.2, 0.25) is 5.91 Å². The van der Waals surface area contributed by atoms with Crippen molar-refractivity contribution >= 4 is 34.7 Å². The number of likely N-dealkylation sites (tertiary alicyclic amines) is 1. The summed E-state index contributed by atoms with van der Waals surface area (Å²) in [6, 6.07) is 8.71. The van der Waals surface area contributed by atoms with E-state index in [1.54, 1.807) is 40.8 Å². The summed E-state index contributed by atoms with van der Waals surface area (Å²) >= 11 is 0. The van der Waals surface area contributed by atoms with Crippen LogP contribution in [-0.4, -0.2) is 74.1 Å². The molecule has 202 valence electrons. The van der Waals surface area contributed by atoms with Crippen molar-refractivity contribution < 1.29 is 24.2 Å². The number of benzene rings is 1. The van der Waals surface area contributed by atoms with E-state index >= 15 is 0 Å². The SMILES string of the molecule is CCc1nc2c(nc1NC(=O)c1ccccc1)c(OC(C)C)c(C(=O)NC1CCN(C(=O)CO)CC1)n2C. The molecule has 0 saturated carbocycles. The van der Waals surface area contributed by atoms with Crippen molar-refractivity contribution in [2.45, 2.75) is 52.2 Å². The number of fused-ring (bicyclic) bond motifs is 1. The molecule has 1 aliphatic rings. The van der Waals surface area contributed by atoms with E-state index in [1.165, 1.54) is 0 Å². The molecule has 1 aliphatic heterocycles. The third-order valence-corrected chi connectivity index (χ3v) is 6.52. The van der Waals surface area contributed by atoms with Crippen molar-refractivity contribution in [1.29, 1.82) is 0 Å². The zero-order valence-corrected chi connectivity index (χ0v) is 22.2. The normalized spacial score (nSPS) is 14.1. The molecule has 3 heterocycles. The van der Waals surface area contributed by atoms with Gasteiger partial charge in [0.25, 0.3) is 11.8 Å². The van der Waals surface area contributed by atoms with Crippen molar-refractivity contribution in [3.63, 3.8) is 0 Å². The Labute approximate surface area is 221 Å². The Bertz CT molecular complexity index is 1330. The monoisotopic (exact) mass is 522 g/mol. The van der Waals surface area contributed by atoms with E-state index in [9.17, 15) is 14.4 Å². The van der Waals surface area contributed by atoms with Gasteiger partial charge >= 0.3 is 0 Å². The van der Waals surface area contributed by atoms with Crippen LogP contribution >= 0.6 is 0 Å². The Morgan fingerprint density at radius 1 is 1.11 bits per heavy atom. The first-order valence-electron chi connectivity index (χ1n) is 12.8. The van der Waals surface area contributed by atoms with Crippen LogP contribution in [0.25, 0.3) is 11.2 Å². The van der Waals surface area contributed by atoms with Crippen molar-refractivity contribution in [3.8, 4) is 5.75 Å². The van der Waals surface area contributed by atoms with Gasteiger partial charge in [0, 0.05) is 31.7 Å². The van der Waals surface area contributed by atoms with E-state index in [-0.39, 0.29) is 35.6 Å². The fourth-order valence-corrected chi connectivity index (χ4v) is 4.56. The van der Waals surface area contributed by atoms with Gasteiger partial charge in [-0.3, -0.25) is 14.4 Å². The minimum atomic E-state index is -0.517. The highest BCUT2D eigenvalue weighted by Crippen LogP contribution is 2.33. The number of carbonyl (C=O) groups excluding carboxylic acids is 3. The molecule has 0 aliphatic carbocycles. The number of nitrogens with zero attached hydrogens (tertiary/aromatic N) is 4. The maximum atomic E-state index is 13.5. The van der Waals surface area contributed by atoms with Crippen molar-refractivity contribution in [3.05, 3.63) is 47.3 Å². The van der Waals surface area contributed by atoms with Crippen LogP contribution in [0.1, 0.15) is 60.2 Å². The number of aliphatic hydroxyl groups excluding tert-OH is 1. The maximum absolute atomic E-state index is 13.5. The number of hydrogen-bond acceptors (Lipinski definition) is 7. The summed E-state index contributed by atoms with van der Waals surface area (Å²) in [6.45, 7) is 6.05. The summed E-state index contributed by atoms with van der Waals surface area (Å²) in [5, 5.41) is 15.0. The highest BCUT2D eigenvalue weighted by molar-refractivity contribution is 6.05. The molecule has 1 saturated heterocycles. The van der Waals surface area contributed by atoms with Gasteiger partial charge in [-0.2, -0.15) is 0 Å². The Hall–Kier alpha value is -3.99. The van der Waals surface area contributed by atoms with E-state index in [2.05, 4.69) is 10.6 Å². The van der Waals surface area contributed by atoms with E-state index < -0.39 is 6.61 Å². The van der Waals surface area contributed by atoms with Crippen molar-refractivity contribution in [2.75, 3.05) is 25.0 Å². The van der Waals surface area contributed by atoms with Gasteiger partial charge in [-0.05, 0) is 45.2 Å². The number of amides is 3. The predicted octanol–water partition coefficient (Wildman–Crippen LogP) is 2.28. The number of hydrogen-bond donors (Lipinski definition) is 3. The molecule has 4 rings (SSSR count). The number of ether oxygens (including phenoxy) is 1. The van der Waals surface area contributed by atoms with Gasteiger partial charge < -0.3 is 29.9 Å². The van der Waals surface area contributed by atoms with Crippen LogP contribution in [0.4, 0.5) is 5.82 Å². The third-order valence-electron chi connectivity index (χ3n) is 6.52. The topological polar surface area (TPSA) is 139 Å². The minimum absolute atomic E-state index is 0.136. The number of piperidine rings is 1. The van der Waals surface area contributed by atoms with Crippen LogP contribution in [0.3, 0.4) is 0 Å². The lowest BCUT2D eigenvalue weighted by Gasteiger charge is -2.32. The zero-order valence-electron chi connectivity index (χ0n) is 22.2. The highest BCUT2D eigenvalue weighted by atomic mass is 16.5. The molecule has 38 heavy (non-hydrogen) atoms. The lowest BCUT2D eigenvalue weighted by atomic mass is 10.0. The summed E-state index contributed by atoms with van der Waals surface area (Å²) in [7, 11) is 1.74. The summed E-state index contributed by atoms with van der Waals surface area (Å²) in [5.41, 5.74) is 2.23. The molecular formula is C27H34N6O5. The summed E-state index contributed by atoms with van der Waals surface area (Å²) < 4.78 is 7.76. The van der Waals surface area contributed by atoms with E-state index in [1.807, 2.05) is 26.8 Å². The smallest absolute Gasteiger partial charge is 0.272 e. The summed E-state index contributed by atoms with van der Waals surface area (Å²) in [4.78, 5) is 49.2. The van der Waals surface area contributed by atoms with Crippen molar-refractivity contribution in [1.82, 2.24) is 24.8 Å². The van der Waals surface area contributed by atoms with E-state index in [0.717, 1.165) is 0 Å². The second-order valence-corrected chi connectivity index (χ2v) is 9.55. The quantitative estimate of drug-likeness (QED) is 0.413. The van der Waals surface area contributed by atoms with Crippen molar-refractivity contribution in [2.24, 2.45) is 7.05 Å². The van der Waals surface area contributed by atoms with Gasteiger partial charge in [0.1, 0.15) is 6.61 Å². The number of anilines is 1. The Balaban J connectivity index is 1.66. The minimum Gasteiger partial charge on any atom is -0.486 e. The molecule has 1 aromatic carbocycles. The average Bonchev–Trinajstić information content (AvgIpc) is 3.18. The van der Waals surface area contributed by atoms with Gasteiger partial charge in [-0.15, -0.1) is 0 Å². The first kappa shape index (κ1) is 27.1. The second-order valence-electron chi connectivity index (χ2n) is 9.55. The third kappa shape index (κ3) is 5.62. The summed E-state index contributed by atoms with van der Waals surface area (Å²) in [6.07, 6.45) is 1.43. The van der Waals surface area contributed by atoms with Gasteiger partial charge in [-0.1, -0.05) is 25.1 Å². The second kappa shape index (κ2) is 11.6. The molecule has 3 amide bonds. The van der Waals surface area contributed by atoms with Crippen LogP contribution < -0.4 is 15.4 Å². The fourth-order valence-electron chi connectivity index (χ4n) is 4.56. The number of carbonyl (C=O) groups is 3. The maximum Gasteiger partial charge on any atom is 0.272 e. The molecule has 0 radical (unpaired) electrons. The Kier molecular flexibility index (Phi) is 8.26. The van der Waals surface area contributed by atoms with Crippen LogP contribution in [0.2, 0.25) is 0 Å². The number of rotatable bonds is 8. The molecule has 3 N–H and O–H groups in total. The molecule has 2 aromatic heterocycles. The predicted molar refractivity (Wildman–Crippen MR) is 142 cm³/mol. The highest BCUT2D eigenvalue weighted by Gasteiger charge is 2.30. The molecule has 0 bridgehead atoms. The van der Waals surface area contributed by atoms with Gasteiger partial charge in [0.05, 0.1) is 11.8 Å². The summed E-state index contributed by atoms with van der Waals surface area (Å²) in [5.74, 6) is -0.327. The standard InChI is InChI=1S/C27H34N6O5/c1-5-19-24(31-26(36)17-9-7-6-8-10-17)30-21-23(38-16(2)3)22(32(4)25(21)29-19)27(37)28-18-11-13-33(14-12-18)20(35)15-34/h6-10,16,18,34H,5,11-15H2,1-4H3,(H,28,37)(H,30,31,36). The number of aryl methyl sites for hydroxylation is 2. The molecule has 1 fully saturated rings. The first-order valence-corrected chi connectivity index (χ1v) is 12.8. The molecule has 0 atom stereocenters.